The molecule has 0 aliphatic heterocycles. The predicted molar refractivity (Wildman–Crippen MR) is 108 cm³/mol. The second-order valence-corrected chi connectivity index (χ2v) is 6.77. The summed E-state index contributed by atoms with van der Waals surface area (Å²) < 4.78 is 24.4. The SMILES string of the molecule is CCC.O=c1oc2c(c3ccccc13)=CCC(OCC1=CCC(F)C=C1)C=2. The van der Waals surface area contributed by atoms with Gasteiger partial charge in [-0.05, 0) is 29.5 Å². The summed E-state index contributed by atoms with van der Waals surface area (Å²) in [5, 5.41) is 2.45. The molecule has 1 aromatic heterocycles. The maximum Gasteiger partial charge on any atom is 0.344 e. The lowest BCUT2D eigenvalue weighted by atomic mass is 10.0. The molecular weight excluding hydrogens is 343 g/mol. The zero-order chi connectivity index (χ0) is 19.2. The fourth-order valence-corrected chi connectivity index (χ4v) is 3.11. The van der Waals surface area contributed by atoms with Gasteiger partial charge >= 0.3 is 5.63 Å². The molecule has 2 aliphatic carbocycles. The Kier molecular flexibility index (Phi) is 6.40. The van der Waals surface area contributed by atoms with Crippen molar-refractivity contribution in [3.05, 3.63) is 69.1 Å². The van der Waals surface area contributed by atoms with Crippen molar-refractivity contribution in [3.8, 4) is 0 Å². The fraction of sp³-hybridized carbons (Fsp3) is 0.348. The van der Waals surface area contributed by atoms with Crippen molar-refractivity contribution in [3.63, 3.8) is 0 Å². The number of ether oxygens (including phenoxy) is 1. The number of allylic oxidation sites excluding steroid dienone is 2. The van der Waals surface area contributed by atoms with Gasteiger partial charge in [-0.2, -0.15) is 0 Å². The molecule has 0 amide bonds. The van der Waals surface area contributed by atoms with Crippen molar-refractivity contribution in [1.82, 2.24) is 0 Å². The van der Waals surface area contributed by atoms with E-state index in [1.54, 1.807) is 18.2 Å². The summed E-state index contributed by atoms with van der Waals surface area (Å²) in [5.41, 5.74) is 1.21. The van der Waals surface area contributed by atoms with E-state index in [4.69, 9.17) is 9.15 Å². The molecule has 0 fully saturated rings. The first-order chi connectivity index (χ1) is 13.1. The lowest BCUT2D eigenvalue weighted by Gasteiger charge is -2.17. The third-order valence-electron chi connectivity index (χ3n) is 4.39. The second kappa shape index (κ2) is 8.96. The minimum Gasteiger partial charge on any atom is -0.423 e. The maximum absolute atomic E-state index is 13.1. The molecule has 0 saturated heterocycles. The van der Waals surface area contributed by atoms with Crippen molar-refractivity contribution >= 4 is 22.9 Å². The number of rotatable bonds is 3. The molecule has 27 heavy (non-hydrogen) atoms. The van der Waals surface area contributed by atoms with Crippen LogP contribution in [0.25, 0.3) is 22.9 Å². The lowest BCUT2D eigenvalue weighted by molar-refractivity contribution is 0.118. The average Bonchev–Trinajstić information content (AvgIpc) is 2.68. The van der Waals surface area contributed by atoms with Gasteiger partial charge in [-0.1, -0.05) is 62.8 Å². The van der Waals surface area contributed by atoms with E-state index in [9.17, 15) is 9.18 Å². The minimum absolute atomic E-state index is 0.154. The molecular formula is C23H25FO3. The highest BCUT2D eigenvalue weighted by Crippen LogP contribution is 2.15. The Morgan fingerprint density at radius 2 is 1.89 bits per heavy atom. The summed E-state index contributed by atoms with van der Waals surface area (Å²) in [4.78, 5) is 12.1. The first-order valence-corrected chi connectivity index (χ1v) is 9.49. The van der Waals surface area contributed by atoms with Gasteiger partial charge < -0.3 is 9.15 Å². The average molecular weight is 368 g/mol. The molecule has 3 nitrogen and oxygen atoms in total. The summed E-state index contributed by atoms with van der Waals surface area (Å²) >= 11 is 0. The van der Waals surface area contributed by atoms with Gasteiger partial charge in [0.05, 0.1) is 18.1 Å². The summed E-state index contributed by atoms with van der Waals surface area (Å²) in [5.74, 6) is 0. The molecule has 0 bridgehead atoms. The van der Waals surface area contributed by atoms with Gasteiger partial charge in [-0.3, -0.25) is 0 Å². The molecule has 2 aromatic rings. The smallest absolute Gasteiger partial charge is 0.344 e. The van der Waals surface area contributed by atoms with E-state index in [0.29, 0.717) is 30.3 Å². The third-order valence-corrected chi connectivity index (χ3v) is 4.39. The van der Waals surface area contributed by atoms with Gasteiger partial charge in [0.2, 0.25) is 0 Å². The van der Waals surface area contributed by atoms with Crippen LogP contribution >= 0.6 is 0 Å². The molecule has 2 aliphatic rings. The molecule has 142 valence electrons. The van der Waals surface area contributed by atoms with E-state index < -0.39 is 6.17 Å². The van der Waals surface area contributed by atoms with E-state index in [2.05, 4.69) is 13.8 Å². The largest absolute Gasteiger partial charge is 0.423 e. The topological polar surface area (TPSA) is 39.4 Å². The zero-order valence-corrected chi connectivity index (χ0v) is 15.8. The molecule has 0 spiro atoms. The van der Waals surface area contributed by atoms with Crippen LogP contribution in [0.15, 0.2) is 57.3 Å². The Morgan fingerprint density at radius 3 is 2.59 bits per heavy atom. The van der Waals surface area contributed by atoms with Crippen LogP contribution in [0.3, 0.4) is 0 Å². The van der Waals surface area contributed by atoms with E-state index in [1.165, 1.54) is 6.42 Å². The van der Waals surface area contributed by atoms with Crippen molar-refractivity contribution in [2.75, 3.05) is 6.61 Å². The van der Waals surface area contributed by atoms with E-state index >= 15 is 0 Å². The first kappa shape index (κ1) is 19.3. The van der Waals surface area contributed by atoms with Crippen LogP contribution < -0.4 is 16.3 Å². The summed E-state index contributed by atoms with van der Waals surface area (Å²) in [6.07, 6.45) is 10.4. The number of hydrogen-bond donors (Lipinski definition) is 0. The highest BCUT2D eigenvalue weighted by molar-refractivity contribution is 5.82. The van der Waals surface area contributed by atoms with Gasteiger partial charge in [0, 0.05) is 11.6 Å². The molecule has 1 heterocycles. The summed E-state index contributed by atoms with van der Waals surface area (Å²) in [6, 6.07) is 7.45. The molecule has 4 heteroatoms. The number of fused-ring (bicyclic) bond motifs is 3. The highest BCUT2D eigenvalue weighted by atomic mass is 19.1. The van der Waals surface area contributed by atoms with Crippen molar-refractivity contribution < 1.29 is 13.5 Å². The van der Waals surface area contributed by atoms with E-state index in [0.717, 1.165) is 16.2 Å². The molecule has 2 unspecified atom stereocenters. The predicted octanol–water partition coefficient (Wildman–Crippen LogP) is 3.78. The van der Waals surface area contributed by atoms with Gasteiger partial charge in [0.1, 0.15) is 11.6 Å². The van der Waals surface area contributed by atoms with Gasteiger partial charge in [-0.25, -0.2) is 9.18 Å². The van der Waals surface area contributed by atoms with Crippen LogP contribution in [0, 0.1) is 0 Å². The molecule has 4 rings (SSSR count). The molecule has 0 radical (unpaired) electrons. The zero-order valence-electron chi connectivity index (χ0n) is 15.8. The molecule has 1 aromatic carbocycles. The number of alkyl halides is 1. The normalized spacial score (nSPS) is 20.6. The fourth-order valence-electron chi connectivity index (χ4n) is 3.11. The van der Waals surface area contributed by atoms with Crippen LogP contribution in [0.4, 0.5) is 4.39 Å². The van der Waals surface area contributed by atoms with E-state index in [1.807, 2.05) is 36.4 Å². The van der Waals surface area contributed by atoms with Crippen LogP contribution in [-0.4, -0.2) is 18.9 Å². The monoisotopic (exact) mass is 368 g/mol. The van der Waals surface area contributed by atoms with Crippen LogP contribution in [0.5, 0.6) is 0 Å². The highest BCUT2D eigenvalue weighted by Gasteiger charge is 2.14. The summed E-state index contributed by atoms with van der Waals surface area (Å²) in [7, 11) is 0. The van der Waals surface area contributed by atoms with Crippen molar-refractivity contribution in [2.45, 2.75) is 45.4 Å². The quantitative estimate of drug-likeness (QED) is 0.828. The van der Waals surface area contributed by atoms with Gasteiger partial charge in [-0.15, -0.1) is 0 Å². The van der Waals surface area contributed by atoms with Crippen LogP contribution in [0.2, 0.25) is 0 Å². The van der Waals surface area contributed by atoms with Gasteiger partial charge in [0.15, 0.2) is 0 Å². The van der Waals surface area contributed by atoms with Crippen molar-refractivity contribution in [2.24, 2.45) is 0 Å². The lowest BCUT2D eigenvalue weighted by Crippen LogP contribution is -2.35. The van der Waals surface area contributed by atoms with Crippen molar-refractivity contribution in [1.29, 1.82) is 0 Å². The van der Waals surface area contributed by atoms with Gasteiger partial charge in [0.25, 0.3) is 0 Å². The Morgan fingerprint density at radius 1 is 1.15 bits per heavy atom. The number of benzene rings is 1. The van der Waals surface area contributed by atoms with Crippen LogP contribution in [0.1, 0.15) is 33.1 Å². The minimum atomic E-state index is -0.891. The Balaban J connectivity index is 0.000000659. The van der Waals surface area contributed by atoms with E-state index in [-0.39, 0.29) is 11.7 Å². The molecule has 0 N–H and O–H groups in total. The third kappa shape index (κ3) is 4.64. The van der Waals surface area contributed by atoms with Crippen LogP contribution in [-0.2, 0) is 4.74 Å². The Hall–Kier alpha value is -2.46. The molecule has 2 atom stereocenters. The summed E-state index contributed by atoms with van der Waals surface area (Å²) in [6.45, 7) is 4.67. The molecule has 0 saturated carbocycles. The number of halogens is 1. The standard InChI is InChI=1S/C20H17FO3.C3H8/c21-14-7-5-13(6-8-14)12-23-15-9-10-17-16-3-1-2-4-18(16)20(22)24-19(17)11-15;1-3-2/h1-7,10-11,14-15H,8-9,12H2;3H2,1-2H3. The second-order valence-electron chi connectivity index (χ2n) is 6.77. The number of hydrogen-bond acceptors (Lipinski definition) is 3. The Bertz CT molecular complexity index is 1030. The first-order valence-electron chi connectivity index (χ1n) is 9.49. The Labute approximate surface area is 158 Å². The maximum atomic E-state index is 13.1.